The van der Waals surface area contributed by atoms with Crippen molar-refractivity contribution in [2.24, 2.45) is 11.1 Å². The largest absolute Gasteiger partial charge is 0.396 e. The first kappa shape index (κ1) is 13.7. The van der Waals surface area contributed by atoms with Crippen LogP contribution in [0.5, 0.6) is 0 Å². The van der Waals surface area contributed by atoms with E-state index in [1.54, 1.807) is 6.07 Å². The Morgan fingerprint density at radius 1 is 1.37 bits per heavy atom. The Bertz CT molecular complexity index is 482. The Morgan fingerprint density at radius 3 is 2.74 bits per heavy atom. The molecule has 1 atom stereocenters. The van der Waals surface area contributed by atoms with Gasteiger partial charge in [-0.2, -0.15) is 0 Å². The van der Waals surface area contributed by atoms with Crippen LogP contribution in [0, 0.1) is 5.41 Å². The Labute approximate surface area is 114 Å². The highest BCUT2D eigenvalue weighted by atomic mass is 16.1. The third-order valence-electron chi connectivity index (χ3n) is 4.21. The van der Waals surface area contributed by atoms with Crippen molar-refractivity contribution in [1.82, 2.24) is 0 Å². The highest BCUT2D eigenvalue weighted by Crippen LogP contribution is 2.38. The second kappa shape index (κ2) is 5.11. The van der Waals surface area contributed by atoms with Crippen LogP contribution >= 0.6 is 0 Å². The van der Waals surface area contributed by atoms with Gasteiger partial charge in [0, 0.05) is 6.04 Å². The zero-order valence-electron chi connectivity index (χ0n) is 11.7. The molecule has 0 aromatic heterocycles. The fraction of sp³-hybridized carbons (Fsp3) is 0.533. The van der Waals surface area contributed by atoms with E-state index in [-0.39, 0.29) is 5.41 Å². The molecule has 4 heteroatoms. The Hall–Kier alpha value is -1.71. The van der Waals surface area contributed by atoms with Gasteiger partial charge in [-0.1, -0.05) is 32.8 Å². The van der Waals surface area contributed by atoms with Crippen molar-refractivity contribution in [2.45, 2.75) is 45.6 Å². The number of primary amides is 1. The summed E-state index contributed by atoms with van der Waals surface area (Å²) in [6, 6.07) is 5.77. The van der Waals surface area contributed by atoms with Gasteiger partial charge in [0.15, 0.2) is 0 Å². The summed E-state index contributed by atoms with van der Waals surface area (Å²) in [7, 11) is 0. The number of amides is 1. The molecule has 1 aromatic carbocycles. The lowest BCUT2D eigenvalue weighted by molar-refractivity contribution is 0.100. The SMILES string of the molecule is CC1(C)CCCCC1Nc1cccc(C(N)=O)c1N. The Kier molecular flexibility index (Phi) is 3.69. The van der Waals surface area contributed by atoms with Crippen LogP contribution < -0.4 is 16.8 Å². The highest BCUT2D eigenvalue weighted by molar-refractivity contribution is 6.00. The quantitative estimate of drug-likeness (QED) is 0.732. The maximum atomic E-state index is 11.3. The summed E-state index contributed by atoms with van der Waals surface area (Å²) >= 11 is 0. The molecule has 1 fully saturated rings. The number of nitrogen functional groups attached to an aromatic ring is 1. The van der Waals surface area contributed by atoms with Gasteiger partial charge in [0.05, 0.1) is 16.9 Å². The van der Waals surface area contributed by atoms with Crippen molar-refractivity contribution in [3.05, 3.63) is 23.8 Å². The molecule has 0 bridgehead atoms. The molecule has 0 radical (unpaired) electrons. The monoisotopic (exact) mass is 261 g/mol. The molecule has 19 heavy (non-hydrogen) atoms. The molecule has 0 saturated heterocycles. The van der Waals surface area contributed by atoms with Crippen LogP contribution in [0.25, 0.3) is 0 Å². The zero-order valence-corrected chi connectivity index (χ0v) is 11.7. The van der Waals surface area contributed by atoms with Crippen LogP contribution in [0.2, 0.25) is 0 Å². The standard InChI is InChI=1S/C15H23N3O/c1-15(2)9-4-3-8-12(15)18-11-7-5-6-10(13(11)16)14(17)19/h5-7,12,18H,3-4,8-9,16H2,1-2H3,(H2,17,19). The lowest BCUT2D eigenvalue weighted by atomic mass is 9.73. The lowest BCUT2D eigenvalue weighted by Gasteiger charge is -2.40. The molecule has 0 heterocycles. The van der Waals surface area contributed by atoms with E-state index in [0.717, 1.165) is 12.1 Å². The van der Waals surface area contributed by atoms with E-state index in [2.05, 4.69) is 19.2 Å². The third-order valence-corrected chi connectivity index (χ3v) is 4.21. The minimum absolute atomic E-state index is 0.243. The van der Waals surface area contributed by atoms with Crippen LogP contribution in [0.1, 0.15) is 49.9 Å². The summed E-state index contributed by atoms with van der Waals surface area (Å²) in [6.45, 7) is 4.55. The minimum atomic E-state index is -0.482. The smallest absolute Gasteiger partial charge is 0.250 e. The van der Waals surface area contributed by atoms with Gasteiger partial charge in [-0.25, -0.2) is 0 Å². The van der Waals surface area contributed by atoms with E-state index in [4.69, 9.17) is 11.5 Å². The number of rotatable bonds is 3. The van der Waals surface area contributed by atoms with Crippen molar-refractivity contribution in [3.8, 4) is 0 Å². The zero-order chi connectivity index (χ0) is 14.0. The molecule has 0 spiro atoms. The summed E-state index contributed by atoms with van der Waals surface area (Å²) in [5.74, 6) is -0.482. The molecule has 104 valence electrons. The van der Waals surface area contributed by atoms with Crippen LogP contribution in [-0.4, -0.2) is 11.9 Å². The summed E-state index contributed by atoms with van der Waals surface area (Å²) in [5.41, 5.74) is 13.3. The molecule has 1 aliphatic rings. The van der Waals surface area contributed by atoms with Crippen LogP contribution in [0.4, 0.5) is 11.4 Å². The van der Waals surface area contributed by atoms with Crippen LogP contribution in [-0.2, 0) is 0 Å². The maximum absolute atomic E-state index is 11.3. The Morgan fingerprint density at radius 2 is 2.11 bits per heavy atom. The Balaban J connectivity index is 2.23. The molecule has 1 saturated carbocycles. The molecule has 4 nitrogen and oxygen atoms in total. The summed E-state index contributed by atoms with van der Waals surface area (Å²) in [5, 5.41) is 3.50. The van der Waals surface area contributed by atoms with E-state index in [0.29, 0.717) is 17.3 Å². The number of carbonyl (C=O) groups is 1. The number of carbonyl (C=O) groups excluding carboxylic acids is 1. The number of anilines is 2. The average molecular weight is 261 g/mol. The van der Waals surface area contributed by atoms with Crippen molar-refractivity contribution >= 4 is 17.3 Å². The molecular weight excluding hydrogens is 238 g/mol. The van der Waals surface area contributed by atoms with E-state index < -0.39 is 5.91 Å². The molecule has 5 N–H and O–H groups in total. The van der Waals surface area contributed by atoms with Gasteiger partial charge in [-0.3, -0.25) is 4.79 Å². The first-order chi connectivity index (χ1) is 8.92. The fourth-order valence-electron chi connectivity index (χ4n) is 2.86. The number of hydrogen-bond acceptors (Lipinski definition) is 3. The van der Waals surface area contributed by atoms with Crippen molar-refractivity contribution in [1.29, 1.82) is 0 Å². The molecular formula is C15H23N3O. The van der Waals surface area contributed by atoms with E-state index in [9.17, 15) is 4.79 Å². The molecule has 1 amide bonds. The fourth-order valence-corrected chi connectivity index (χ4v) is 2.86. The molecule has 2 rings (SSSR count). The predicted molar refractivity (Wildman–Crippen MR) is 79.0 cm³/mol. The highest BCUT2D eigenvalue weighted by Gasteiger charge is 2.32. The van der Waals surface area contributed by atoms with Gasteiger partial charge in [0.1, 0.15) is 0 Å². The van der Waals surface area contributed by atoms with Gasteiger partial charge in [-0.15, -0.1) is 0 Å². The van der Waals surface area contributed by atoms with E-state index in [1.165, 1.54) is 19.3 Å². The van der Waals surface area contributed by atoms with E-state index in [1.807, 2.05) is 12.1 Å². The predicted octanol–water partition coefficient (Wildman–Crippen LogP) is 2.75. The van der Waals surface area contributed by atoms with Gasteiger partial charge in [0.25, 0.3) is 5.91 Å². The lowest BCUT2D eigenvalue weighted by Crippen LogP contribution is -2.39. The van der Waals surface area contributed by atoms with Crippen LogP contribution in [0.3, 0.4) is 0 Å². The minimum Gasteiger partial charge on any atom is -0.396 e. The van der Waals surface area contributed by atoms with Crippen molar-refractivity contribution < 1.29 is 4.79 Å². The number of para-hydroxylation sites is 1. The van der Waals surface area contributed by atoms with Crippen LogP contribution in [0.15, 0.2) is 18.2 Å². The summed E-state index contributed by atoms with van der Waals surface area (Å²) in [6.07, 6.45) is 4.85. The third kappa shape index (κ3) is 2.83. The normalized spacial score (nSPS) is 21.9. The maximum Gasteiger partial charge on any atom is 0.250 e. The van der Waals surface area contributed by atoms with E-state index >= 15 is 0 Å². The first-order valence-corrected chi connectivity index (χ1v) is 6.86. The first-order valence-electron chi connectivity index (χ1n) is 6.86. The second-order valence-electron chi connectivity index (χ2n) is 6.06. The molecule has 1 unspecified atom stereocenters. The molecule has 1 aliphatic carbocycles. The number of nitrogens with two attached hydrogens (primary N) is 2. The van der Waals surface area contributed by atoms with Gasteiger partial charge in [-0.05, 0) is 30.4 Å². The summed E-state index contributed by atoms with van der Waals surface area (Å²) in [4.78, 5) is 11.3. The molecule has 0 aliphatic heterocycles. The number of benzene rings is 1. The van der Waals surface area contributed by atoms with Crippen molar-refractivity contribution in [2.75, 3.05) is 11.1 Å². The van der Waals surface area contributed by atoms with Gasteiger partial charge < -0.3 is 16.8 Å². The van der Waals surface area contributed by atoms with Gasteiger partial charge in [0.2, 0.25) is 0 Å². The molecule has 1 aromatic rings. The second-order valence-corrected chi connectivity index (χ2v) is 6.06. The topological polar surface area (TPSA) is 81.1 Å². The van der Waals surface area contributed by atoms with Gasteiger partial charge >= 0.3 is 0 Å². The number of nitrogens with one attached hydrogen (secondary N) is 1. The summed E-state index contributed by atoms with van der Waals surface area (Å²) < 4.78 is 0. The average Bonchev–Trinajstić information content (AvgIpc) is 2.33. The van der Waals surface area contributed by atoms with Crippen molar-refractivity contribution in [3.63, 3.8) is 0 Å². The number of hydrogen-bond donors (Lipinski definition) is 3.